The Bertz CT molecular complexity index is 324. The molecule has 0 bridgehead atoms. The van der Waals surface area contributed by atoms with E-state index < -0.39 is 0 Å². The summed E-state index contributed by atoms with van der Waals surface area (Å²) in [7, 11) is 0. The molecule has 2 N–H and O–H groups in total. The highest BCUT2D eigenvalue weighted by molar-refractivity contribution is 5.37. The van der Waals surface area contributed by atoms with E-state index in [4.69, 9.17) is 5.11 Å². The third kappa shape index (κ3) is 3.62. The van der Waals surface area contributed by atoms with E-state index in [2.05, 4.69) is 45.1 Å². The maximum atomic E-state index is 8.84. The van der Waals surface area contributed by atoms with E-state index in [1.807, 2.05) is 0 Å². The van der Waals surface area contributed by atoms with Gasteiger partial charge in [-0.25, -0.2) is 0 Å². The van der Waals surface area contributed by atoms with Crippen LogP contribution in [-0.4, -0.2) is 17.8 Å². The Morgan fingerprint density at radius 2 is 1.75 bits per heavy atom. The maximum Gasteiger partial charge on any atom is 0.0445 e. The normalized spacial score (nSPS) is 12.8. The van der Waals surface area contributed by atoms with Gasteiger partial charge in [-0.1, -0.05) is 17.7 Å². The molecule has 2 heteroatoms. The molecule has 0 saturated carbocycles. The molecular weight excluding hydrogens is 198 g/mol. The Morgan fingerprint density at radius 3 is 2.25 bits per heavy atom. The summed E-state index contributed by atoms with van der Waals surface area (Å²) in [6.45, 7) is 9.70. The van der Waals surface area contributed by atoms with Crippen LogP contribution in [0.4, 0.5) is 0 Å². The molecule has 90 valence electrons. The van der Waals surface area contributed by atoms with Crippen LogP contribution >= 0.6 is 0 Å². The van der Waals surface area contributed by atoms with E-state index in [-0.39, 0.29) is 6.61 Å². The van der Waals surface area contributed by atoms with E-state index in [9.17, 15) is 0 Å². The summed E-state index contributed by atoms with van der Waals surface area (Å²) in [5.74, 6) is 0. The molecule has 0 aromatic heterocycles. The average Bonchev–Trinajstić information content (AvgIpc) is 2.16. The van der Waals surface area contributed by atoms with Crippen LogP contribution in [0, 0.1) is 20.8 Å². The second-order valence-corrected chi connectivity index (χ2v) is 4.67. The van der Waals surface area contributed by atoms with Crippen molar-refractivity contribution in [2.75, 3.05) is 6.61 Å². The highest BCUT2D eigenvalue weighted by Gasteiger charge is 2.05. The third-order valence-corrected chi connectivity index (χ3v) is 3.03. The summed E-state index contributed by atoms with van der Waals surface area (Å²) >= 11 is 0. The minimum absolute atomic E-state index is 0.250. The van der Waals surface area contributed by atoms with Gasteiger partial charge in [-0.3, -0.25) is 0 Å². The zero-order chi connectivity index (χ0) is 12.1. The lowest BCUT2D eigenvalue weighted by atomic mass is 9.99. The predicted octanol–water partition coefficient (Wildman–Crippen LogP) is 2.47. The number of benzene rings is 1. The molecule has 1 rings (SSSR count). The smallest absolute Gasteiger partial charge is 0.0445 e. The molecule has 1 aromatic rings. The van der Waals surface area contributed by atoms with Crippen molar-refractivity contribution in [2.24, 2.45) is 0 Å². The van der Waals surface area contributed by atoms with Crippen molar-refractivity contribution in [3.8, 4) is 0 Å². The van der Waals surface area contributed by atoms with Crippen molar-refractivity contribution < 1.29 is 5.11 Å². The van der Waals surface area contributed by atoms with Crippen molar-refractivity contribution in [3.05, 3.63) is 34.4 Å². The standard InChI is InChI=1S/C14H23NO/c1-10-7-11(2)14(12(3)8-10)9-15-13(4)5-6-16/h7-8,13,15-16H,5-6,9H2,1-4H3/t13-/m1/s1. The Labute approximate surface area is 98.7 Å². The first-order valence-corrected chi connectivity index (χ1v) is 5.95. The van der Waals surface area contributed by atoms with Crippen molar-refractivity contribution in [1.29, 1.82) is 0 Å². The van der Waals surface area contributed by atoms with Crippen LogP contribution in [0.2, 0.25) is 0 Å². The Kier molecular flexibility index (Phi) is 4.97. The maximum absolute atomic E-state index is 8.84. The molecule has 1 aromatic carbocycles. The molecule has 0 aliphatic carbocycles. The first kappa shape index (κ1) is 13.2. The van der Waals surface area contributed by atoms with Gasteiger partial charge in [-0.2, -0.15) is 0 Å². The lowest BCUT2D eigenvalue weighted by Crippen LogP contribution is -2.27. The number of aliphatic hydroxyl groups excluding tert-OH is 1. The van der Waals surface area contributed by atoms with Gasteiger partial charge in [-0.15, -0.1) is 0 Å². The first-order chi connectivity index (χ1) is 7.54. The predicted molar refractivity (Wildman–Crippen MR) is 68.7 cm³/mol. The molecule has 2 nitrogen and oxygen atoms in total. The monoisotopic (exact) mass is 221 g/mol. The minimum Gasteiger partial charge on any atom is -0.396 e. The average molecular weight is 221 g/mol. The summed E-state index contributed by atoms with van der Waals surface area (Å²) in [5, 5.41) is 12.3. The van der Waals surface area contributed by atoms with E-state index in [1.165, 1.54) is 22.3 Å². The van der Waals surface area contributed by atoms with Crippen LogP contribution in [0.1, 0.15) is 35.6 Å². The number of aliphatic hydroxyl groups is 1. The number of aryl methyl sites for hydroxylation is 3. The molecule has 16 heavy (non-hydrogen) atoms. The second kappa shape index (κ2) is 6.02. The van der Waals surface area contributed by atoms with Crippen molar-refractivity contribution in [3.63, 3.8) is 0 Å². The zero-order valence-electron chi connectivity index (χ0n) is 10.8. The fourth-order valence-corrected chi connectivity index (χ4v) is 2.06. The van der Waals surface area contributed by atoms with E-state index in [0.717, 1.165) is 13.0 Å². The van der Waals surface area contributed by atoms with Crippen molar-refractivity contribution in [2.45, 2.75) is 46.7 Å². The molecule has 0 radical (unpaired) electrons. The lowest BCUT2D eigenvalue weighted by Gasteiger charge is -2.16. The van der Waals surface area contributed by atoms with Crippen LogP contribution in [-0.2, 0) is 6.54 Å². The molecule has 0 heterocycles. The van der Waals surface area contributed by atoms with Crippen LogP contribution in [0.25, 0.3) is 0 Å². The zero-order valence-corrected chi connectivity index (χ0v) is 10.8. The van der Waals surface area contributed by atoms with Gasteiger partial charge in [0.15, 0.2) is 0 Å². The highest BCUT2D eigenvalue weighted by atomic mass is 16.3. The molecule has 0 aliphatic rings. The van der Waals surface area contributed by atoms with E-state index in [0.29, 0.717) is 6.04 Å². The summed E-state index contributed by atoms with van der Waals surface area (Å²) in [5.41, 5.74) is 5.40. The first-order valence-electron chi connectivity index (χ1n) is 5.95. The number of hydrogen-bond acceptors (Lipinski definition) is 2. The quantitative estimate of drug-likeness (QED) is 0.800. The van der Waals surface area contributed by atoms with Crippen molar-refractivity contribution >= 4 is 0 Å². The number of hydrogen-bond donors (Lipinski definition) is 2. The fraction of sp³-hybridized carbons (Fsp3) is 0.571. The molecule has 1 atom stereocenters. The third-order valence-electron chi connectivity index (χ3n) is 3.03. The molecule has 0 unspecified atom stereocenters. The molecule has 0 spiro atoms. The Balaban J connectivity index is 2.67. The topological polar surface area (TPSA) is 32.3 Å². The van der Waals surface area contributed by atoms with Crippen LogP contribution in [0.15, 0.2) is 12.1 Å². The number of nitrogens with one attached hydrogen (secondary N) is 1. The van der Waals surface area contributed by atoms with Gasteiger partial charge in [0.2, 0.25) is 0 Å². The molecule has 0 fully saturated rings. The summed E-state index contributed by atoms with van der Waals surface area (Å²) < 4.78 is 0. The summed E-state index contributed by atoms with van der Waals surface area (Å²) in [4.78, 5) is 0. The summed E-state index contributed by atoms with van der Waals surface area (Å²) in [6, 6.07) is 4.81. The largest absolute Gasteiger partial charge is 0.396 e. The van der Waals surface area contributed by atoms with Gasteiger partial charge < -0.3 is 10.4 Å². The van der Waals surface area contributed by atoms with Gasteiger partial charge in [0, 0.05) is 19.2 Å². The second-order valence-electron chi connectivity index (χ2n) is 4.67. The van der Waals surface area contributed by atoms with E-state index in [1.54, 1.807) is 0 Å². The molecule has 0 amide bonds. The van der Waals surface area contributed by atoms with Gasteiger partial charge in [0.05, 0.1) is 0 Å². The van der Waals surface area contributed by atoms with Crippen LogP contribution < -0.4 is 5.32 Å². The Morgan fingerprint density at radius 1 is 1.19 bits per heavy atom. The van der Waals surface area contributed by atoms with Crippen LogP contribution in [0.3, 0.4) is 0 Å². The highest BCUT2D eigenvalue weighted by Crippen LogP contribution is 2.16. The van der Waals surface area contributed by atoms with Crippen molar-refractivity contribution in [1.82, 2.24) is 5.32 Å². The number of rotatable bonds is 5. The van der Waals surface area contributed by atoms with E-state index >= 15 is 0 Å². The minimum atomic E-state index is 0.250. The van der Waals surface area contributed by atoms with Gasteiger partial charge >= 0.3 is 0 Å². The Hall–Kier alpha value is -0.860. The summed E-state index contributed by atoms with van der Waals surface area (Å²) in [6.07, 6.45) is 0.809. The van der Waals surface area contributed by atoms with Gasteiger partial charge in [0.25, 0.3) is 0 Å². The van der Waals surface area contributed by atoms with Gasteiger partial charge in [0.1, 0.15) is 0 Å². The molecular formula is C14H23NO. The SMILES string of the molecule is Cc1cc(C)c(CN[C@H](C)CCO)c(C)c1. The van der Waals surface area contributed by atoms with Crippen LogP contribution in [0.5, 0.6) is 0 Å². The fourth-order valence-electron chi connectivity index (χ4n) is 2.06. The molecule has 0 aliphatic heterocycles. The molecule has 0 saturated heterocycles. The van der Waals surface area contributed by atoms with Gasteiger partial charge in [-0.05, 0) is 50.8 Å². The lowest BCUT2D eigenvalue weighted by molar-refractivity contribution is 0.268.